The summed E-state index contributed by atoms with van der Waals surface area (Å²) in [6, 6.07) is 7.79. The first kappa shape index (κ1) is 12.1. The molecule has 0 aliphatic rings. The summed E-state index contributed by atoms with van der Waals surface area (Å²) in [5.41, 5.74) is 2.22. The number of aromatic nitrogens is 2. The topological polar surface area (TPSA) is 25.8 Å². The highest BCUT2D eigenvalue weighted by Gasteiger charge is 2.04. The van der Waals surface area contributed by atoms with E-state index in [-0.39, 0.29) is 0 Å². The Hall–Kier alpha value is -1.41. The van der Waals surface area contributed by atoms with Crippen molar-refractivity contribution in [3.63, 3.8) is 0 Å². The fourth-order valence-corrected chi connectivity index (χ4v) is 1.77. The van der Waals surface area contributed by atoms with Gasteiger partial charge in [-0.15, -0.1) is 0 Å². The molecule has 1 heterocycles. The standard InChI is InChI=1S/C14H15ClN2/c1-10(2)12-8-16-14(17-9-12)7-11-5-3-4-6-13(11)15/h3-6,8-10H,7H2,1-2H3. The first-order valence-corrected chi connectivity index (χ1v) is 6.09. The molecule has 0 amide bonds. The van der Waals surface area contributed by atoms with E-state index in [1.165, 1.54) is 0 Å². The van der Waals surface area contributed by atoms with Crippen molar-refractivity contribution in [3.05, 3.63) is 58.6 Å². The molecule has 3 heteroatoms. The lowest BCUT2D eigenvalue weighted by Gasteiger charge is -2.06. The molecular weight excluding hydrogens is 232 g/mol. The van der Waals surface area contributed by atoms with Crippen LogP contribution in [0.4, 0.5) is 0 Å². The van der Waals surface area contributed by atoms with E-state index in [0.717, 1.165) is 22.0 Å². The van der Waals surface area contributed by atoms with Crippen LogP contribution in [0.1, 0.15) is 36.7 Å². The molecule has 0 saturated carbocycles. The van der Waals surface area contributed by atoms with Crippen LogP contribution in [-0.4, -0.2) is 9.97 Å². The van der Waals surface area contributed by atoms with Crippen molar-refractivity contribution < 1.29 is 0 Å². The fourth-order valence-electron chi connectivity index (χ4n) is 1.57. The van der Waals surface area contributed by atoms with E-state index in [0.29, 0.717) is 12.3 Å². The molecule has 0 aliphatic heterocycles. The number of nitrogens with zero attached hydrogens (tertiary/aromatic N) is 2. The van der Waals surface area contributed by atoms with Gasteiger partial charge in [-0.1, -0.05) is 43.6 Å². The molecule has 0 bridgehead atoms. The molecule has 17 heavy (non-hydrogen) atoms. The predicted octanol–water partition coefficient (Wildman–Crippen LogP) is 3.84. The summed E-state index contributed by atoms with van der Waals surface area (Å²) < 4.78 is 0. The average Bonchev–Trinajstić information content (AvgIpc) is 2.33. The molecule has 2 rings (SSSR count). The Balaban J connectivity index is 2.17. The van der Waals surface area contributed by atoms with Gasteiger partial charge in [0.15, 0.2) is 0 Å². The molecule has 0 aliphatic carbocycles. The van der Waals surface area contributed by atoms with Crippen molar-refractivity contribution in [2.45, 2.75) is 26.2 Å². The molecule has 2 aromatic rings. The Bertz CT molecular complexity index is 492. The lowest BCUT2D eigenvalue weighted by Crippen LogP contribution is -1.99. The van der Waals surface area contributed by atoms with Crippen molar-refractivity contribution in [1.29, 1.82) is 0 Å². The van der Waals surface area contributed by atoms with Crippen molar-refractivity contribution >= 4 is 11.6 Å². The zero-order chi connectivity index (χ0) is 12.3. The smallest absolute Gasteiger partial charge is 0.132 e. The van der Waals surface area contributed by atoms with Gasteiger partial charge in [0, 0.05) is 23.8 Å². The minimum Gasteiger partial charge on any atom is -0.241 e. The van der Waals surface area contributed by atoms with E-state index in [2.05, 4.69) is 23.8 Å². The summed E-state index contributed by atoms with van der Waals surface area (Å²) in [6.45, 7) is 4.26. The molecule has 88 valence electrons. The maximum absolute atomic E-state index is 6.10. The van der Waals surface area contributed by atoms with Gasteiger partial charge in [0.1, 0.15) is 5.82 Å². The van der Waals surface area contributed by atoms with E-state index in [1.54, 1.807) is 0 Å². The van der Waals surface area contributed by atoms with Crippen LogP contribution in [0.5, 0.6) is 0 Å². The third-order valence-electron chi connectivity index (χ3n) is 2.70. The molecule has 0 N–H and O–H groups in total. The summed E-state index contributed by atoms with van der Waals surface area (Å²) in [7, 11) is 0. The second-order valence-electron chi connectivity index (χ2n) is 4.36. The Morgan fingerprint density at radius 1 is 1.12 bits per heavy atom. The van der Waals surface area contributed by atoms with Gasteiger partial charge in [-0.25, -0.2) is 9.97 Å². The van der Waals surface area contributed by atoms with Crippen LogP contribution in [0, 0.1) is 0 Å². The van der Waals surface area contributed by atoms with E-state index >= 15 is 0 Å². The van der Waals surface area contributed by atoms with Crippen LogP contribution in [-0.2, 0) is 6.42 Å². The zero-order valence-electron chi connectivity index (χ0n) is 10.0. The van der Waals surface area contributed by atoms with Gasteiger partial charge in [0.2, 0.25) is 0 Å². The highest BCUT2D eigenvalue weighted by molar-refractivity contribution is 6.31. The number of hydrogen-bond acceptors (Lipinski definition) is 2. The minimum atomic E-state index is 0.462. The van der Waals surface area contributed by atoms with Crippen LogP contribution in [0.15, 0.2) is 36.7 Å². The van der Waals surface area contributed by atoms with Gasteiger partial charge >= 0.3 is 0 Å². The monoisotopic (exact) mass is 246 g/mol. The maximum Gasteiger partial charge on any atom is 0.132 e. The SMILES string of the molecule is CC(C)c1cnc(Cc2ccccc2Cl)nc1. The molecule has 0 radical (unpaired) electrons. The van der Waals surface area contributed by atoms with Gasteiger partial charge in [0.05, 0.1) is 0 Å². The van der Waals surface area contributed by atoms with Gasteiger partial charge < -0.3 is 0 Å². The van der Waals surface area contributed by atoms with E-state index in [1.807, 2.05) is 36.7 Å². The van der Waals surface area contributed by atoms with Crippen molar-refractivity contribution in [1.82, 2.24) is 9.97 Å². The minimum absolute atomic E-state index is 0.462. The Kier molecular flexibility index (Phi) is 3.75. The summed E-state index contributed by atoms with van der Waals surface area (Å²) in [5.74, 6) is 1.27. The second kappa shape index (κ2) is 5.28. The molecule has 1 aromatic carbocycles. The molecule has 2 nitrogen and oxygen atoms in total. The van der Waals surface area contributed by atoms with Crippen molar-refractivity contribution in [2.75, 3.05) is 0 Å². The van der Waals surface area contributed by atoms with E-state index in [4.69, 9.17) is 11.6 Å². The first-order chi connectivity index (χ1) is 8.16. The maximum atomic E-state index is 6.10. The van der Waals surface area contributed by atoms with Gasteiger partial charge in [0.25, 0.3) is 0 Å². The van der Waals surface area contributed by atoms with Crippen molar-refractivity contribution in [2.24, 2.45) is 0 Å². The molecule has 0 spiro atoms. The van der Waals surface area contributed by atoms with Crippen LogP contribution in [0.25, 0.3) is 0 Å². The lowest BCUT2D eigenvalue weighted by molar-refractivity contribution is 0.829. The van der Waals surface area contributed by atoms with Crippen LogP contribution in [0.2, 0.25) is 5.02 Å². The molecule has 0 unspecified atom stereocenters. The summed E-state index contributed by atoms with van der Waals surface area (Å²) in [5, 5.41) is 0.768. The van der Waals surface area contributed by atoms with E-state index < -0.39 is 0 Å². The predicted molar refractivity (Wildman–Crippen MR) is 70.4 cm³/mol. The average molecular weight is 247 g/mol. The highest BCUT2D eigenvalue weighted by atomic mass is 35.5. The van der Waals surface area contributed by atoms with Gasteiger partial charge in [-0.2, -0.15) is 0 Å². The first-order valence-electron chi connectivity index (χ1n) is 5.71. The third-order valence-corrected chi connectivity index (χ3v) is 3.07. The quantitative estimate of drug-likeness (QED) is 0.822. The van der Waals surface area contributed by atoms with Gasteiger partial charge in [-0.3, -0.25) is 0 Å². The highest BCUT2D eigenvalue weighted by Crippen LogP contribution is 2.18. The summed E-state index contributed by atoms with van der Waals surface area (Å²) in [4.78, 5) is 8.73. The number of rotatable bonds is 3. The summed E-state index contributed by atoms with van der Waals surface area (Å²) in [6.07, 6.45) is 4.46. The van der Waals surface area contributed by atoms with E-state index in [9.17, 15) is 0 Å². The Morgan fingerprint density at radius 2 is 1.76 bits per heavy atom. The summed E-state index contributed by atoms with van der Waals surface area (Å²) >= 11 is 6.10. The van der Waals surface area contributed by atoms with Crippen LogP contribution < -0.4 is 0 Å². The second-order valence-corrected chi connectivity index (χ2v) is 4.76. The third kappa shape index (κ3) is 3.04. The van der Waals surface area contributed by atoms with Crippen LogP contribution >= 0.6 is 11.6 Å². The van der Waals surface area contributed by atoms with Gasteiger partial charge in [-0.05, 0) is 23.1 Å². The normalized spacial score (nSPS) is 10.8. The van der Waals surface area contributed by atoms with Crippen molar-refractivity contribution in [3.8, 4) is 0 Å². The number of hydrogen-bond donors (Lipinski definition) is 0. The largest absolute Gasteiger partial charge is 0.241 e. The Labute approximate surface area is 107 Å². The number of halogens is 1. The molecule has 1 aromatic heterocycles. The molecule has 0 atom stereocenters. The molecule has 0 saturated heterocycles. The zero-order valence-corrected chi connectivity index (χ0v) is 10.8. The van der Waals surface area contributed by atoms with Crippen LogP contribution in [0.3, 0.4) is 0 Å². The Morgan fingerprint density at radius 3 is 2.35 bits per heavy atom. The lowest BCUT2D eigenvalue weighted by atomic mass is 10.1. The fraction of sp³-hybridized carbons (Fsp3) is 0.286. The number of benzene rings is 1. The molecular formula is C14H15ClN2. The molecule has 0 fully saturated rings.